The number of ether oxygens (including phenoxy) is 2. The molecule has 1 saturated heterocycles. The summed E-state index contributed by atoms with van der Waals surface area (Å²) in [6, 6.07) is 9.65. The number of carbonyl (C=O) groups is 1. The van der Waals surface area contributed by atoms with Gasteiger partial charge in [0.15, 0.2) is 12.1 Å². The van der Waals surface area contributed by atoms with Gasteiger partial charge in [0.1, 0.15) is 17.1 Å². The van der Waals surface area contributed by atoms with Crippen LogP contribution in [0, 0.1) is 5.92 Å². The van der Waals surface area contributed by atoms with Crippen LogP contribution in [0.15, 0.2) is 42.7 Å². The van der Waals surface area contributed by atoms with Crippen LogP contribution in [0.2, 0.25) is 0 Å². The van der Waals surface area contributed by atoms with Crippen molar-refractivity contribution < 1.29 is 14.3 Å². The van der Waals surface area contributed by atoms with Crippen molar-refractivity contribution in [3.8, 4) is 28.7 Å². The van der Waals surface area contributed by atoms with Crippen molar-refractivity contribution in [2.45, 2.75) is 58.9 Å². The Labute approximate surface area is 209 Å². The van der Waals surface area contributed by atoms with Gasteiger partial charge in [0.2, 0.25) is 5.91 Å². The van der Waals surface area contributed by atoms with Crippen molar-refractivity contribution >= 4 is 16.8 Å². The predicted octanol–water partition coefficient (Wildman–Crippen LogP) is 3.96. The summed E-state index contributed by atoms with van der Waals surface area (Å²) in [6.07, 6.45) is 6.51. The van der Waals surface area contributed by atoms with Gasteiger partial charge in [-0.05, 0) is 63.4 Å². The number of fused-ring (bicyclic) bond motifs is 1. The minimum absolute atomic E-state index is 0.0506. The molecule has 0 radical (unpaired) electrons. The number of carbonyl (C=O) groups excluding carboxylic acids is 1. The van der Waals surface area contributed by atoms with Crippen LogP contribution in [-0.4, -0.2) is 48.1 Å². The number of primary amides is 1. The highest BCUT2D eigenvalue weighted by atomic mass is 16.5. The summed E-state index contributed by atoms with van der Waals surface area (Å²) in [5.41, 5.74) is 8.35. The quantitative estimate of drug-likeness (QED) is 0.397. The average molecular weight is 490 g/mol. The highest BCUT2D eigenvalue weighted by Gasteiger charge is 2.23. The minimum atomic E-state index is -0.360. The van der Waals surface area contributed by atoms with E-state index in [1.54, 1.807) is 17.8 Å². The van der Waals surface area contributed by atoms with Gasteiger partial charge < -0.3 is 15.2 Å². The summed E-state index contributed by atoms with van der Waals surface area (Å²) in [4.78, 5) is 20.8. The van der Waals surface area contributed by atoms with E-state index in [1.165, 1.54) is 0 Å². The summed E-state index contributed by atoms with van der Waals surface area (Å²) >= 11 is 0. The monoisotopic (exact) mass is 489 g/mol. The Kier molecular flexibility index (Phi) is 6.69. The summed E-state index contributed by atoms with van der Waals surface area (Å²) in [5, 5.41) is 10.4. The number of benzene rings is 1. The molecule has 5 rings (SSSR count). The Morgan fingerprint density at radius 3 is 2.78 bits per heavy atom. The third kappa shape index (κ3) is 4.94. The molecule has 1 aromatic carbocycles. The number of nitrogens with two attached hydrogens (primary N) is 1. The zero-order valence-corrected chi connectivity index (χ0v) is 20.8. The van der Waals surface area contributed by atoms with E-state index in [1.807, 2.05) is 55.1 Å². The van der Waals surface area contributed by atoms with Crippen molar-refractivity contribution in [1.29, 1.82) is 0 Å². The van der Waals surface area contributed by atoms with Crippen LogP contribution in [0.4, 0.5) is 0 Å². The van der Waals surface area contributed by atoms with Crippen molar-refractivity contribution in [3.05, 3.63) is 42.7 Å². The molecule has 0 saturated carbocycles. The molecule has 1 aliphatic rings. The summed E-state index contributed by atoms with van der Waals surface area (Å²) in [7, 11) is 0. The third-order valence-electron chi connectivity index (χ3n) is 6.20. The normalized spacial score (nSPS) is 16.9. The van der Waals surface area contributed by atoms with E-state index in [0.29, 0.717) is 29.5 Å². The molecule has 4 heterocycles. The smallest absolute Gasteiger partial charge is 0.222 e. The van der Waals surface area contributed by atoms with Crippen LogP contribution < -0.4 is 10.5 Å². The number of aromatic nitrogens is 6. The van der Waals surface area contributed by atoms with Gasteiger partial charge in [-0.3, -0.25) is 9.48 Å². The molecular formula is C26H31N7O3. The fraction of sp³-hybridized carbons (Fsp3) is 0.423. The molecule has 10 nitrogen and oxygen atoms in total. The molecule has 2 N–H and O–H groups in total. The number of hydrogen-bond donors (Lipinski definition) is 1. The predicted molar refractivity (Wildman–Crippen MR) is 135 cm³/mol. The first-order valence-electron chi connectivity index (χ1n) is 12.4. The zero-order valence-electron chi connectivity index (χ0n) is 20.8. The molecule has 0 spiro atoms. The maximum absolute atomic E-state index is 11.4. The fourth-order valence-corrected chi connectivity index (χ4v) is 4.35. The van der Waals surface area contributed by atoms with Gasteiger partial charge in [-0.25, -0.2) is 14.6 Å². The Morgan fingerprint density at radius 2 is 2.03 bits per heavy atom. The van der Waals surface area contributed by atoms with E-state index in [-0.39, 0.29) is 24.2 Å². The van der Waals surface area contributed by atoms with Crippen LogP contribution in [-0.2, 0) is 16.1 Å². The number of amides is 1. The van der Waals surface area contributed by atoms with Crippen molar-refractivity contribution in [2.24, 2.45) is 11.7 Å². The second-order valence-electron chi connectivity index (χ2n) is 9.45. The van der Waals surface area contributed by atoms with E-state index in [2.05, 4.69) is 10.1 Å². The molecule has 2 atom stereocenters. The molecule has 188 valence electrons. The average Bonchev–Trinajstić information content (AvgIpc) is 3.49. The molecular weight excluding hydrogens is 458 g/mol. The van der Waals surface area contributed by atoms with Crippen LogP contribution in [0.25, 0.3) is 33.8 Å². The molecule has 2 unspecified atom stereocenters. The number of rotatable bonds is 8. The van der Waals surface area contributed by atoms with E-state index in [0.717, 1.165) is 42.5 Å². The van der Waals surface area contributed by atoms with Crippen molar-refractivity contribution in [3.63, 3.8) is 0 Å². The van der Waals surface area contributed by atoms with E-state index < -0.39 is 0 Å². The van der Waals surface area contributed by atoms with Crippen LogP contribution in [0.5, 0.6) is 5.75 Å². The first kappa shape index (κ1) is 23.9. The first-order chi connectivity index (χ1) is 17.4. The van der Waals surface area contributed by atoms with Gasteiger partial charge >= 0.3 is 0 Å². The number of hydrogen-bond acceptors (Lipinski definition) is 7. The Morgan fingerprint density at radius 1 is 1.17 bits per heavy atom. The van der Waals surface area contributed by atoms with E-state index >= 15 is 0 Å². The highest BCUT2D eigenvalue weighted by molar-refractivity contribution is 5.93. The van der Waals surface area contributed by atoms with Gasteiger partial charge in [0.05, 0.1) is 29.8 Å². The van der Waals surface area contributed by atoms with E-state index in [9.17, 15) is 4.79 Å². The van der Waals surface area contributed by atoms with Gasteiger partial charge in [-0.15, -0.1) is 0 Å². The molecule has 1 amide bonds. The first-order valence-corrected chi connectivity index (χ1v) is 12.4. The Bertz CT molecular complexity index is 1370. The van der Waals surface area contributed by atoms with E-state index in [4.69, 9.17) is 25.3 Å². The second kappa shape index (κ2) is 10.1. The third-order valence-corrected chi connectivity index (χ3v) is 6.20. The highest BCUT2D eigenvalue weighted by Crippen LogP contribution is 2.34. The van der Waals surface area contributed by atoms with Gasteiger partial charge in [0, 0.05) is 24.4 Å². The topological polar surface area (TPSA) is 123 Å². The lowest BCUT2D eigenvalue weighted by atomic mass is 10.1. The van der Waals surface area contributed by atoms with Crippen molar-refractivity contribution in [2.75, 3.05) is 6.61 Å². The summed E-state index contributed by atoms with van der Waals surface area (Å²) in [6.45, 7) is 6.91. The molecule has 10 heteroatoms. The molecule has 1 fully saturated rings. The molecule has 36 heavy (non-hydrogen) atoms. The molecule has 1 aliphatic heterocycles. The molecule has 4 aromatic rings. The van der Waals surface area contributed by atoms with Crippen LogP contribution in [0.1, 0.15) is 46.3 Å². The van der Waals surface area contributed by atoms with Crippen LogP contribution in [0.3, 0.4) is 0 Å². The lowest BCUT2D eigenvalue weighted by Gasteiger charge is -2.23. The summed E-state index contributed by atoms with van der Waals surface area (Å²) < 4.78 is 15.6. The van der Waals surface area contributed by atoms with Gasteiger partial charge in [-0.2, -0.15) is 10.2 Å². The van der Waals surface area contributed by atoms with Gasteiger partial charge in [0.25, 0.3) is 0 Å². The second-order valence-corrected chi connectivity index (χ2v) is 9.45. The Balaban J connectivity index is 1.54. The minimum Gasteiger partial charge on any atom is -0.491 e. The fourth-order valence-electron chi connectivity index (χ4n) is 4.35. The molecule has 3 aromatic heterocycles. The SMILES string of the molecule is CC(C)Oc1ccc2c(c1)c(-c1nccc(-c3ccn(CC(C)C(N)=O)n3)n1)nn2C1CCCCO1. The maximum Gasteiger partial charge on any atom is 0.222 e. The Hall–Kier alpha value is -3.79. The maximum atomic E-state index is 11.4. The lowest BCUT2D eigenvalue weighted by Crippen LogP contribution is -2.24. The zero-order chi connectivity index (χ0) is 25.2. The lowest BCUT2D eigenvalue weighted by molar-refractivity contribution is -0.121. The molecule has 0 aliphatic carbocycles. The van der Waals surface area contributed by atoms with Gasteiger partial charge in [-0.1, -0.05) is 6.92 Å². The molecule has 0 bridgehead atoms. The summed E-state index contributed by atoms with van der Waals surface area (Å²) in [5.74, 6) is 0.579. The van der Waals surface area contributed by atoms with Crippen LogP contribution >= 0.6 is 0 Å². The van der Waals surface area contributed by atoms with Crippen molar-refractivity contribution in [1.82, 2.24) is 29.5 Å². The largest absolute Gasteiger partial charge is 0.491 e. The number of nitrogens with zero attached hydrogens (tertiary/aromatic N) is 6. The standard InChI is InChI=1S/C26H31N7O3/c1-16(2)36-18-7-8-22-19(14-18)24(31-33(22)23-6-4-5-13-35-23)26-28-11-9-20(29-26)21-10-12-32(30-21)15-17(3)25(27)34/h7-12,14,16-17,23H,4-6,13,15H2,1-3H3,(H2,27,34).